The minimum absolute atomic E-state index is 0.0930. The monoisotopic (exact) mass is 292 g/mol. The van der Waals surface area contributed by atoms with E-state index in [0.29, 0.717) is 6.61 Å². The van der Waals surface area contributed by atoms with Crippen LogP contribution >= 0.6 is 0 Å². The Kier molecular flexibility index (Phi) is 6.18. The van der Waals surface area contributed by atoms with Gasteiger partial charge in [-0.15, -0.1) is 0 Å². The lowest BCUT2D eigenvalue weighted by Gasteiger charge is -2.36. The standard InChI is InChI=1S/C17H28O2Si/c1-17(2,3)20(4,5)19-12-11-16(14-18)13-15-9-7-6-8-10-15/h6-10,13,18H,11-12,14H2,1-5H3/b16-13-. The molecular formula is C17H28O2Si. The van der Waals surface area contributed by atoms with E-state index in [1.54, 1.807) is 0 Å². The lowest BCUT2D eigenvalue weighted by molar-refractivity contribution is 0.276. The van der Waals surface area contributed by atoms with E-state index >= 15 is 0 Å². The molecule has 0 unspecified atom stereocenters. The smallest absolute Gasteiger partial charge is 0.191 e. The molecule has 0 saturated carbocycles. The average Bonchev–Trinajstić information content (AvgIpc) is 2.37. The zero-order valence-electron chi connectivity index (χ0n) is 13.4. The van der Waals surface area contributed by atoms with Gasteiger partial charge in [-0.05, 0) is 35.7 Å². The van der Waals surface area contributed by atoms with E-state index in [1.807, 2.05) is 30.3 Å². The van der Waals surface area contributed by atoms with E-state index in [9.17, 15) is 5.11 Å². The first-order valence-corrected chi connectivity index (χ1v) is 10.2. The maximum atomic E-state index is 9.46. The van der Waals surface area contributed by atoms with Gasteiger partial charge in [0.2, 0.25) is 0 Å². The lowest BCUT2D eigenvalue weighted by atomic mass is 10.1. The molecule has 0 fully saturated rings. The zero-order valence-corrected chi connectivity index (χ0v) is 14.4. The fourth-order valence-corrected chi connectivity index (χ4v) is 2.68. The van der Waals surface area contributed by atoms with Gasteiger partial charge in [0.25, 0.3) is 0 Å². The third-order valence-corrected chi connectivity index (χ3v) is 8.60. The van der Waals surface area contributed by atoms with E-state index < -0.39 is 8.32 Å². The van der Waals surface area contributed by atoms with Gasteiger partial charge in [-0.1, -0.05) is 57.2 Å². The summed E-state index contributed by atoms with van der Waals surface area (Å²) in [5.74, 6) is 0. The van der Waals surface area contributed by atoms with Gasteiger partial charge in [0.1, 0.15) is 0 Å². The third-order valence-electron chi connectivity index (χ3n) is 4.07. The molecule has 0 saturated heterocycles. The Hall–Kier alpha value is -0.903. The summed E-state index contributed by atoms with van der Waals surface area (Å²) in [7, 11) is -1.69. The molecule has 1 aromatic carbocycles. The predicted molar refractivity (Wildman–Crippen MR) is 89.3 cm³/mol. The van der Waals surface area contributed by atoms with Gasteiger partial charge in [0.15, 0.2) is 8.32 Å². The Balaban J connectivity index is 2.57. The van der Waals surface area contributed by atoms with Gasteiger partial charge in [-0.25, -0.2) is 0 Å². The summed E-state index contributed by atoms with van der Waals surface area (Å²) in [5, 5.41) is 9.70. The second kappa shape index (κ2) is 7.20. The van der Waals surface area contributed by atoms with Crippen LogP contribution in [0.15, 0.2) is 35.9 Å². The molecule has 1 N–H and O–H groups in total. The number of hydrogen-bond donors (Lipinski definition) is 1. The van der Waals surface area contributed by atoms with Crippen molar-refractivity contribution in [3.05, 3.63) is 41.5 Å². The molecule has 0 aliphatic heterocycles. The van der Waals surface area contributed by atoms with Crippen molar-refractivity contribution in [1.29, 1.82) is 0 Å². The molecule has 0 spiro atoms. The molecular weight excluding hydrogens is 264 g/mol. The van der Waals surface area contributed by atoms with Gasteiger partial charge < -0.3 is 9.53 Å². The highest BCUT2D eigenvalue weighted by molar-refractivity contribution is 6.74. The molecule has 0 aliphatic carbocycles. The molecule has 20 heavy (non-hydrogen) atoms. The van der Waals surface area contributed by atoms with E-state index in [0.717, 1.165) is 17.6 Å². The normalized spacial score (nSPS) is 13.6. The number of hydrogen-bond acceptors (Lipinski definition) is 2. The van der Waals surface area contributed by atoms with Crippen LogP contribution in [-0.4, -0.2) is 26.6 Å². The van der Waals surface area contributed by atoms with Crippen molar-refractivity contribution in [1.82, 2.24) is 0 Å². The van der Waals surface area contributed by atoms with Gasteiger partial charge in [-0.2, -0.15) is 0 Å². The summed E-state index contributed by atoms with van der Waals surface area (Å²) in [6.07, 6.45) is 2.84. The largest absolute Gasteiger partial charge is 0.417 e. The van der Waals surface area contributed by atoms with E-state index in [-0.39, 0.29) is 11.6 Å². The van der Waals surface area contributed by atoms with Crippen LogP contribution in [0.2, 0.25) is 18.1 Å². The number of rotatable bonds is 6. The Labute approximate surface area is 124 Å². The Bertz CT molecular complexity index is 430. The van der Waals surface area contributed by atoms with Crippen LogP contribution in [0.4, 0.5) is 0 Å². The predicted octanol–water partition coefficient (Wildman–Crippen LogP) is 4.47. The summed E-state index contributed by atoms with van der Waals surface area (Å²) >= 11 is 0. The van der Waals surface area contributed by atoms with Crippen LogP contribution in [0.5, 0.6) is 0 Å². The van der Waals surface area contributed by atoms with Crippen LogP contribution in [0.1, 0.15) is 32.8 Å². The molecule has 1 rings (SSSR count). The highest BCUT2D eigenvalue weighted by Crippen LogP contribution is 2.36. The summed E-state index contributed by atoms with van der Waals surface area (Å²) in [6.45, 7) is 12.0. The Morgan fingerprint density at radius 3 is 2.30 bits per heavy atom. The summed E-state index contributed by atoms with van der Waals surface area (Å²) in [6, 6.07) is 10.1. The second-order valence-corrected chi connectivity index (χ2v) is 11.5. The summed E-state index contributed by atoms with van der Waals surface area (Å²) in [5.41, 5.74) is 2.15. The van der Waals surface area contributed by atoms with Crippen LogP contribution in [0.3, 0.4) is 0 Å². The van der Waals surface area contributed by atoms with Crippen LogP contribution in [0.25, 0.3) is 6.08 Å². The molecule has 1 aromatic rings. The average molecular weight is 292 g/mol. The van der Waals surface area contributed by atoms with E-state index in [1.165, 1.54) is 0 Å². The van der Waals surface area contributed by atoms with Crippen LogP contribution in [0, 0.1) is 0 Å². The molecule has 0 aromatic heterocycles. The van der Waals surface area contributed by atoms with Crippen LogP contribution < -0.4 is 0 Å². The minimum atomic E-state index is -1.69. The maximum absolute atomic E-state index is 9.46. The molecule has 3 heteroatoms. The Morgan fingerprint density at radius 2 is 1.80 bits per heavy atom. The first kappa shape index (κ1) is 17.1. The van der Waals surface area contributed by atoms with E-state index in [4.69, 9.17) is 4.43 Å². The van der Waals surface area contributed by atoms with Gasteiger partial charge >= 0.3 is 0 Å². The van der Waals surface area contributed by atoms with Gasteiger partial charge in [0.05, 0.1) is 6.61 Å². The van der Waals surface area contributed by atoms with Gasteiger partial charge in [0, 0.05) is 6.61 Å². The lowest BCUT2D eigenvalue weighted by Crippen LogP contribution is -2.41. The van der Waals surface area contributed by atoms with Crippen molar-refractivity contribution < 1.29 is 9.53 Å². The second-order valence-electron chi connectivity index (χ2n) is 6.73. The Morgan fingerprint density at radius 1 is 1.20 bits per heavy atom. The SMILES string of the molecule is CC(C)(C)[Si](C)(C)OCC/C(=C/c1ccccc1)CO. The summed E-state index contributed by atoms with van der Waals surface area (Å²) < 4.78 is 6.15. The van der Waals surface area contributed by atoms with Crippen molar-refractivity contribution in [2.45, 2.75) is 45.3 Å². The van der Waals surface area contributed by atoms with E-state index in [2.05, 4.69) is 39.9 Å². The third kappa shape index (κ3) is 5.23. The van der Waals surface area contributed by atoms with Crippen molar-refractivity contribution in [2.75, 3.05) is 13.2 Å². The molecule has 0 bridgehead atoms. The summed E-state index contributed by atoms with van der Waals surface area (Å²) in [4.78, 5) is 0. The van der Waals surface area contributed by atoms with Crippen molar-refractivity contribution in [3.8, 4) is 0 Å². The zero-order chi connectivity index (χ0) is 15.2. The number of benzene rings is 1. The first-order chi connectivity index (χ1) is 9.26. The first-order valence-electron chi connectivity index (χ1n) is 7.25. The maximum Gasteiger partial charge on any atom is 0.191 e. The molecule has 0 heterocycles. The number of aliphatic hydroxyl groups excluding tert-OH is 1. The van der Waals surface area contributed by atoms with Crippen molar-refractivity contribution in [2.24, 2.45) is 0 Å². The fourth-order valence-electron chi connectivity index (χ4n) is 1.64. The molecule has 0 radical (unpaired) electrons. The highest BCUT2D eigenvalue weighted by atomic mass is 28.4. The molecule has 0 amide bonds. The van der Waals surface area contributed by atoms with Crippen LogP contribution in [-0.2, 0) is 4.43 Å². The number of aliphatic hydroxyl groups is 1. The minimum Gasteiger partial charge on any atom is -0.417 e. The van der Waals surface area contributed by atoms with Crippen molar-refractivity contribution in [3.63, 3.8) is 0 Å². The topological polar surface area (TPSA) is 29.5 Å². The van der Waals surface area contributed by atoms with Gasteiger partial charge in [-0.3, -0.25) is 0 Å². The van der Waals surface area contributed by atoms with Crippen molar-refractivity contribution >= 4 is 14.4 Å². The molecule has 112 valence electrons. The molecule has 0 atom stereocenters. The molecule has 0 aliphatic rings. The highest BCUT2D eigenvalue weighted by Gasteiger charge is 2.36. The molecule has 2 nitrogen and oxygen atoms in total. The quantitative estimate of drug-likeness (QED) is 0.784. The fraction of sp³-hybridized carbons (Fsp3) is 0.529.